The summed E-state index contributed by atoms with van der Waals surface area (Å²) in [7, 11) is 3.75. The molecule has 1 atom stereocenters. The number of carbonyl (C=O) groups is 2. The van der Waals surface area contributed by atoms with Gasteiger partial charge in [-0.05, 0) is 50.8 Å². The molecule has 4 rings (SSSR count). The molecule has 3 heterocycles. The normalized spacial score (nSPS) is 18.5. The molecule has 2 aromatic heterocycles. The van der Waals surface area contributed by atoms with E-state index in [0.29, 0.717) is 35.7 Å². The van der Waals surface area contributed by atoms with Crippen LogP contribution in [0.3, 0.4) is 0 Å². The Kier molecular flexibility index (Phi) is 5.24. The number of aromatic nitrogens is 2. The van der Waals surface area contributed by atoms with Crippen molar-refractivity contribution in [3.63, 3.8) is 0 Å². The average molecular weight is 420 g/mol. The summed E-state index contributed by atoms with van der Waals surface area (Å²) in [5.74, 6) is -1.70. The van der Waals surface area contributed by atoms with Gasteiger partial charge in [-0.1, -0.05) is 18.2 Å². The van der Waals surface area contributed by atoms with Crippen LogP contribution in [0.1, 0.15) is 23.0 Å². The SMILES string of the molecule is Cc1nc2ccccn2c1C(O)=C1C(=O)C(=O)N(CCN(C)C)C1c1cccc(O)c1. The van der Waals surface area contributed by atoms with Crippen molar-refractivity contribution >= 4 is 23.1 Å². The summed E-state index contributed by atoms with van der Waals surface area (Å²) >= 11 is 0. The standard InChI is InChI=1S/C23H24N4O4/c1-14-19(26-10-5-4-9-17(26)24-14)21(29)18-20(15-7-6-8-16(28)13-15)27(12-11-25(2)3)23(31)22(18)30/h4-10,13,20,28-29H,11-12H2,1-3H3. The Balaban J connectivity index is 1.93. The van der Waals surface area contributed by atoms with Crippen molar-refractivity contribution in [2.75, 3.05) is 27.2 Å². The molecule has 1 aromatic carbocycles. The number of ketones is 1. The molecule has 160 valence electrons. The molecule has 0 aliphatic carbocycles. The first-order valence-corrected chi connectivity index (χ1v) is 9.95. The number of likely N-dealkylation sites (N-methyl/N-ethyl adjacent to an activating group) is 1. The van der Waals surface area contributed by atoms with Crippen LogP contribution in [0.25, 0.3) is 11.4 Å². The number of phenolic OH excluding ortho intramolecular Hbond substituents is 1. The molecule has 0 saturated carbocycles. The fourth-order valence-corrected chi connectivity index (χ4v) is 3.99. The van der Waals surface area contributed by atoms with Crippen molar-refractivity contribution in [2.45, 2.75) is 13.0 Å². The first kappa shape index (κ1) is 20.6. The van der Waals surface area contributed by atoms with Crippen molar-refractivity contribution in [1.82, 2.24) is 19.2 Å². The highest BCUT2D eigenvalue weighted by molar-refractivity contribution is 6.46. The number of aliphatic hydroxyl groups excluding tert-OH is 1. The van der Waals surface area contributed by atoms with E-state index in [4.69, 9.17) is 0 Å². The van der Waals surface area contributed by atoms with Crippen molar-refractivity contribution in [3.8, 4) is 5.75 Å². The number of benzene rings is 1. The minimum atomic E-state index is -0.819. The van der Waals surface area contributed by atoms with E-state index in [1.165, 1.54) is 17.0 Å². The van der Waals surface area contributed by atoms with E-state index in [1.54, 1.807) is 41.8 Å². The van der Waals surface area contributed by atoms with Gasteiger partial charge >= 0.3 is 0 Å². The Hall–Kier alpha value is -3.65. The van der Waals surface area contributed by atoms with Gasteiger partial charge in [0.15, 0.2) is 5.76 Å². The second-order valence-corrected chi connectivity index (χ2v) is 7.87. The van der Waals surface area contributed by atoms with E-state index in [1.807, 2.05) is 25.1 Å². The minimum absolute atomic E-state index is 0.0110. The second-order valence-electron chi connectivity index (χ2n) is 7.87. The molecular weight excluding hydrogens is 396 g/mol. The summed E-state index contributed by atoms with van der Waals surface area (Å²) in [6.45, 7) is 2.57. The summed E-state index contributed by atoms with van der Waals surface area (Å²) in [4.78, 5) is 33.9. The maximum Gasteiger partial charge on any atom is 0.295 e. The van der Waals surface area contributed by atoms with Crippen LogP contribution in [0, 0.1) is 6.92 Å². The number of phenols is 1. The molecule has 1 aliphatic heterocycles. The fraction of sp³-hybridized carbons (Fsp3) is 0.261. The number of hydrogen-bond donors (Lipinski definition) is 2. The lowest BCUT2D eigenvalue weighted by Gasteiger charge is -2.26. The van der Waals surface area contributed by atoms with Gasteiger partial charge in [0.25, 0.3) is 11.7 Å². The Morgan fingerprint density at radius 1 is 1.16 bits per heavy atom. The van der Waals surface area contributed by atoms with E-state index in [0.717, 1.165) is 0 Å². The van der Waals surface area contributed by atoms with Crippen LogP contribution in [-0.4, -0.2) is 68.3 Å². The number of aromatic hydroxyl groups is 1. The van der Waals surface area contributed by atoms with Gasteiger partial charge in [0, 0.05) is 19.3 Å². The van der Waals surface area contributed by atoms with E-state index in [2.05, 4.69) is 4.98 Å². The van der Waals surface area contributed by atoms with Gasteiger partial charge in [-0.3, -0.25) is 14.0 Å². The number of Topliss-reactive ketones (excluding diaryl/α,β-unsaturated/α-hetero) is 1. The topological polar surface area (TPSA) is 98.4 Å². The molecular formula is C23H24N4O4. The highest BCUT2D eigenvalue weighted by atomic mass is 16.3. The molecule has 0 bridgehead atoms. The summed E-state index contributed by atoms with van der Waals surface area (Å²) in [5, 5.41) is 21.3. The van der Waals surface area contributed by atoms with Crippen molar-refractivity contribution in [2.24, 2.45) is 0 Å². The molecule has 8 nitrogen and oxygen atoms in total. The Morgan fingerprint density at radius 2 is 1.94 bits per heavy atom. The summed E-state index contributed by atoms with van der Waals surface area (Å²) < 4.78 is 1.69. The predicted molar refractivity (Wildman–Crippen MR) is 116 cm³/mol. The summed E-state index contributed by atoms with van der Waals surface area (Å²) in [6.07, 6.45) is 1.75. The highest BCUT2D eigenvalue weighted by Gasteiger charge is 2.46. The quantitative estimate of drug-likeness (QED) is 0.374. The number of likely N-dealkylation sites (tertiary alicyclic amines) is 1. The zero-order valence-electron chi connectivity index (χ0n) is 17.6. The number of amides is 1. The molecule has 1 saturated heterocycles. The molecule has 8 heteroatoms. The first-order chi connectivity index (χ1) is 14.8. The molecule has 2 N–H and O–H groups in total. The summed E-state index contributed by atoms with van der Waals surface area (Å²) in [5.41, 5.74) is 2.07. The molecule has 0 spiro atoms. The number of carbonyl (C=O) groups excluding carboxylic acids is 2. The third kappa shape index (κ3) is 3.55. The van der Waals surface area contributed by atoms with Crippen LogP contribution in [0.4, 0.5) is 0 Å². The highest BCUT2D eigenvalue weighted by Crippen LogP contribution is 2.40. The lowest BCUT2D eigenvalue weighted by Crippen LogP contribution is -2.35. The predicted octanol–water partition coefficient (Wildman–Crippen LogP) is 2.33. The van der Waals surface area contributed by atoms with Gasteiger partial charge in [-0.15, -0.1) is 0 Å². The van der Waals surface area contributed by atoms with Crippen LogP contribution in [0.5, 0.6) is 5.75 Å². The maximum atomic E-state index is 13.1. The zero-order valence-corrected chi connectivity index (χ0v) is 17.6. The monoisotopic (exact) mass is 420 g/mol. The molecule has 1 fully saturated rings. The maximum absolute atomic E-state index is 13.1. The summed E-state index contributed by atoms with van der Waals surface area (Å²) in [6, 6.07) is 11.0. The minimum Gasteiger partial charge on any atom is -0.508 e. The van der Waals surface area contributed by atoms with E-state index in [9.17, 15) is 19.8 Å². The largest absolute Gasteiger partial charge is 0.508 e. The Labute approximate surface area is 179 Å². The van der Waals surface area contributed by atoms with Crippen LogP contribution in [0.2, 0.25) is 0 Å². The molecule has 1 unspecified atom stereocenters. The van der Waals surface area contributed by atoms with Gasteiger partial charge < -0.3 is 20.0 Å². The third-order valence-corrected chi connectivity index (χ3v) is 5.44. The molecule has 3 aromatic rings. The number of pyridine rings is 1. The Bertz CT molecular complexity index is 1210. The second kappa shape index (κ2) is 7.88. The number of imidazole rings is 1. The van der Waals surface area contributed by atoms with E-state index in [-0.39, 0.29) is 17.1 Å². The Morgan fingerprint density at radius 3 is 2.65 bits per heavy atom. The number of rotatable bonds is 5. The molecule has 1 amide bonds. The smallest absolute Gasteiger partial charge is 0.295 e. The van der Waals surface area contributed by atoms with Crippen molar-refractivity contribution < 1.29 is 19.8 Å². The van der Waals surface area contributed by atoms with Crippen LogP contribution in [-0.2, 0) is 9.59 Å². The third-order valence-electron chi connectivity index (χ3n) is 5.44. The lowest BCUT2D eigenvalue weighted by atomic mass is 9.96. The molecule has 0 radical (unpaired) electrons. The number of aryl methyl sites for hydroxylation is 1. The zero-order chi connectivity index (χ0) is 22.3. The van der Waals surface area contributed by atoms with Crippen molar-refractivity contribution in [1.29, 1.82) is 0 Å². The first-order valence-electron chi connectivity index (χ1n) is 9.95. The number of hydrogen-bond acceptors (Lipinski definition) is 6. The van der Waals surface area contributed by atoms with Crippen molar-refractivity contribution in [3.05, 3.63) is 71.2 Å². The van der Waals surface area contributed by atoms with E-state index >= 15 is 0 Å². The average Bonchev–Trinajstić information content (AvgIpc) is 3.19. The van der Waals surface area contributed by atoms with Gasteiger partial charge in [-0.25, -0.2) is 4.98 Å². The number of fused-ring (bicyclic) bond motifs is 1. The lowest BCUT2D eigenvalue weighted by molar-refractivity contribution is -0.140. The van der Waals surface area contributed by atoms with Crippen LogP contribution >= 0.6 is 0 Å². The van der Waals surface area contributed by atoms with Gasteiger partial charge in [0.1, 0.15) is 17.1 Å². The van der Waals surface area contributed by atoms with Gasteiger partial charge in [0.2, 0.25) is 0 Å². The van der Waals surface area contributed by atoms with Gasteiger partial charge in [0.05, 0.1) is 17.3 Å². The fourth-order valence-electron chi connectivity index (χ4n) is 3.99. The van der Waals surface area contributed by atoms with Crippen LogP contribution in [0.15, 0.2) is 54.2 Å². The van der Waals surface area contributed by atoms with E-state index < -0.39 is 17.7 Å². The van der Waals surface area contributed by atoms with Crippen LogP contribution < -0.4 is 0 Å². The number of aliphatic hydroxyl groups is 1. The molecule has 1 aliphatic rings. The number of nitrogens with zero attached hydrogens (tertiary/aromatic N) is 4. The molecule has 31 heavy (non-hydrogen) atoms. The van der Waals surface area contributed by atoms with Gasteiger partial charge in [-0.2, -0.15) is 0 Å².